The molecular formula is C41H27N5O2. The van der Waals surface area contributed by atoms with E-state index >= 15 is 0 Å². The van der Waals surface area contributed by atoms with Crippen LogP contribution in [-0.2, 0) is 6.54 Å². The summed E-state index contributed by atoms with van der Waals surface area (Å²) in [5.74, 6) is -0.530. The van der Waals surface area contributed by atoms with Gasteiger partial charge in [0.1, 0.15) is 0 Å². The van der Waals surface area contributed by atoms with Gasteiger partial charge in [-0.25, -0.2) is 9.97 Å². The molecule has 3 aliphatic rings. The highest BCUT2D eigenvalue weighted by atomic mass is 16.2. The number of aromatic amines is 2. The Hall–Kier alpha value is -6.60. The van der Waals surface area contributed by atoms with E-state index in [1.54, 1.807) is 24.3 Å². The van der Waals surface area contributed by atoms with Crippen LogP contribution in [0.4, 0.5) is 0 Å². The van der Waals surface area contributed by atoms with Gasteiger partial charge in [-0.1, -0.05) is 66.7 Å². The molecule has 7 heteroatoms. The standard InChI is InChI=1S/C41H27N5O2/c47-40-32-8-4-5-9-33(32)41(48)46(40)24-25-10-12-27(13-11-25)39-36-20-16-30(44-36)22-28-14-18-34(42-28)38(26-6-2-1-3-7-26)35-19-15-29(43-35)23-31-17-21-37(39)45-31/h1-23,42-43H,24H2. The third kappa shape index (κ3) is 4.77. The predicted molar refractivity (Wildman–Crippen MR) is 190 cm³/mol. The average Bonchev–Trinajstić information content (AvgIpc) is 3.96. The molecule has 228 valence electrons. The van der Waals surface area contributed by atoms with Crippen molar-refractivity contribution in [1.29, 1.82) is 0 Å². The second kappa shape index (κ2) is 11.0. The molecule has 0 saturated heterocycles. The van der Waals surface area contributed by atoms with Crippen LogP contribution in [0.2, 0.25) is 0 Å². The molecule has 48 heavy (non-hydrogen) atoms. The number of carbonyl (C=O) groups excluding carboxylic acids is 2. The maximum absolute atomic E-state index is 13.0. The molecule has 6 aromatic rings. The van der Waals surface area contributed by atoms with Gasteiger partial charge in [0.25, 0.3) is 11.8 Å². The van der Waals surface area contributed by atoms with Crippen molar-refractivity contribution in [3.63, 3.8) is 0 Å². The molecule has 0 unspecified atom stereocenters. The summed E-state index contributed by atoms with van der Waals surface area (Å²) < 4.78 is 0. The topological polar surface area (TPSA) is 94.7 Å². The molecule has 9 rings (SSSR count). The van der Waals surface area contributed by atoms with E-state index in [0.29, 0.717) is 11.1 Å². The number of rotatable bonds is 4. The first-order valence-electron chi connectivity index (χ1n) is 15.8. The van der Waals surface area contributed by atoms with E-state index in [-0.39, 0.29) is 18.4 Å². The van der Waals surface area contributed by atoms with Gasteiger partial charge in [-0.2, -0.15) is 0 Å². The van der Waals surface area contributed by atoms with Crippen molar-refractivity contribution in [3.8, 4) is 22.3 Å². The first kappa shape index (κ1) is 27.7. The van der Waals surface area contributed by atoms with Gasteiger partial charge in [-0.3, -0.25) is 14.5 Å². The van der Waals surface area contributed by atoms with Crippen molar-refractivity contribution >= 4 is 58.2 Å². The summed E-state index contributed by atoms with van der Waals surface area (Å²) in [5.41, 5.74) is 12.9. The minimum absolute atomic E-state index is 0.198. The summed E-state index contributed by atoms with van der Waals surface area (Å²) in [4.78, 5) is 44.5. The second-order valence-corrected chi connectivity index (χ2v) is 12.0. The van der Waals surface area contributed by atoms with Crippen molar-refractivity contribution in [3.05, 3.63) is 155 Å². The van der Waals surface area contributed by atoms with Gasteiger partial charge < -0.3 is 9.97 Å². The maximum atomic E-state index is 13.0. The molecule has 8 bridgehead atoms. The zero-order chi connectivity index (χ0) is 32.2. The number of imide groups is 1. The van der Waals surface area contributed by atoms with Crippen LogP contribution < -0.4 is 0 Å². The number of carbonyl (C=O) groups is 2. The highest BCUT2D eigenvalue weighted by Gasteiger charge is 2.35. The normalized spacial score (nSPS) is 13.4. The summed E-state index contributed by atoms with van der Waals surface area (Å²) >= 11 is 0. The Labute approximate surface area is 275 Å². The number of nitrogens with one attached hydrogen (secondary N) is 2. The first-order chi connectivity index (χ1) is 23.6. The van der Waals surface area contributed by atoms with Crippen molar-refractivity contribution < 1.29 is 9.59 Å². The van der Waals surface area contributed by atoms with Gasteiger partial charge in [-0.15, -0.1) is 0 Å². The molecule has 0 fully saturated rings. The van der Waals surface area contributed by atoms with E-state index in [1.165, 1.54) is 4.90 Å². The van der Waals surface area contributed by atoms with Gasteiger partial charge >= 0.3 is 0 Å². The van der Waals surface area contributed by atoms with Gasteiger partial charge in [0.05, 0.1) is 40.4 Å². The predicted octanol–water partition coefficient (Wildman–Crippen LogP) is 8.79. The Morgan fingerprint density at radius 3 is 1.60 bits per heavy atom. The van der Waals surface area contributed by atoms with Crippen LogP contribution in [0.15, 0.2) is 115 Å². The fraction of sp³-hybridized carbons (Fsp3) is 0.0244. The molecule has 2 N–H and O–H groups in total. The van der Waals surface area contributed by atoms with Crippen LogP contribution in [0.25, 0.3) is 68.6 Å². The number of hydrogen-bond donors (Lipinski definition) is 2. The maximum Gasteiger partial charge on any atom is 0.261 e. The van der Waals surface area contributed by atoms with E-state index in [2.05, 4.69) is 46.4 Å². The molecule has 3 aromatic carbocycles. The Morgan fingerprint density at radius 2 is 1.04 bits per heavy atom. The quantitative estimate of drug-likeness (QED) is 0.192. The zero-order valence-electron chi connectivity index (χ0n) is 25.6. The number of nitrogens with zero attached hydrogens (tertiary/aromatic N) is 3. The lowest BCUT2D eigenvalue weighted by Crippen LogP contribution is -2.29. The van der Waals surface area contributed by atoms with Gasteiger partial charge in [0, 0.05) is 33.2 Å². The van der Waals surface area contributed by atoms with Crippen LogP contribution >= 0.6 is 0 Å². The molecule has 0 aliphatic carbocycles. The average molecular weight is 622 g/mol. The third-order valence-electron chi connectivity index (χ3n) is 8.92. The van der Waals surface area contributed by atoms with Crippen LogP contribution in [0.5, 0.6) is 0 Å². The Bertz CT molecular complexity index is 2390. The van der Waals surface area contributed by atoms with Crippen molar-refractivity contribution in [2.24, 2.45) is 0 Å². The molecular weight excluding hydrogens is 594 g/mol. The van der Waals surface area contributed by atoms with E-state index in [9.17, 15) is 9.59 Å². The molecule has 6 heterocycles. The Kier molecular flexibility index (Phi) is 6.36. The van der Waals surface area contributed by atoms with Crippen molar-refractivity contribution in [2.75, 3.05) is 0 Å². The molecule has 0 radical (unpaired) electrons. The monoisotopic (exact) mass is 621 g/mol. The van der Waals surface area contributed by atoms with Crippen molar-refractivity contribution in [2.45, 2.75) is 6.54 Å². The second-order valence-electron chi connectivity index (χ2n) is 12.0. The van der Waals surface area contributed by atoms with Gasteiger partial charge in [0.15, 0.2) is 0 Å². The summed E-state index contributed by atoms with van der Waals surface area (Å²) in [5, 5.41) is 0. The SMILES string of the molecule is O=C1c2ccccc2C(=O)N1Cc1ccc(-c2c3nc(cc4ccc([nH]4)c(-c4ccccc4)c4ccc(cc5nc2C=C5)[nH]4)C=C3)cc1. The molecule has 3 aromatic heterocycles. The van der Waals surface area contributed by atoms with Crippen LogP contribution in [0, 0.1) is 0 Å². The number of hydrogen-bond acceptors (Lipinski definition) is 4. The molecule has 0 saturated carbocycles. The van der Waals surface area contributed by atoms with E-state index < -0.39 is 0 Å². The lowest BCUT2D eigenvalue weighted by molar-refractivity contribution is 0.0642. The van der Waals surface area contributed by atoms with Gasteiger partial charge in [0.2, 0.25) is 0 Å². The summed E-state index contributed by atoms with van der Waals surface area (Å²) in [7, 11) is 0. The molecule has 0 atom stereocenters. The number of benzene rings is 3. The van der Waals surface area contributed by atoms with Crippen LogP contribution in [0.3, 0.4) is 0 Å². The summed E-state index contributed by atoms with van der Waals surface area (Å²) in [6, 6.07) is 37.7. The summed E-state index contributed by atoms with van der Waals surface area (Å²) in [6.45, 7) is 0.198. The molecule has 7 nitrogen and oxygen atoms in total. The Balaban J connectivity index is 1.17. The van der Waals surface area contributed by atoms with Crippen LogP contribution in [0.1, 0.15) is 49.1 Å². The van der Waals surface area contributed by atoms with E-state index in [0.717, 1.165) is 72.7 Å². The lowest BCUT2D eigenvalue weighted by atomic mass is 10.0. The highest BCUT2D eigenvalue weighted by Crippen LogP contribution is 2.33. The number of aromatic nitrogens is 4. The molecule has 3 aliphatic heterocycles. The Morgan fingerprint density at radius 1 is 0.521 bits per heavy atom. The largest absolute Gasteiger partial charge is 0.355 e. The number of fused-ring (bicyclic) bond motifs is 9. The van der Waals surface area contributed by atoms with Crippen LogP contribution in [-0.4, -0.2) is 36.7 Å². The number of H-pyrrole nitrogens is 2. The molecule has 0 spiro atoms. The van der Waals surface area contributed by atoms with Crippen molar-refractivity contribution in [1.82, 2.24) is 24.8 Å². The van der Waals surface area contributed by atoms with E-state index in [1.807, 2.05) is 78.9 Å². The minimum atomic E-state index is -0.265. The third-order valence-corrected chi connectivity index (χ3v) is 8.92. The van der Waals surface area contributed by atoms with Gasteiger partial charge in [-0.05, 0) is 89.5 Å². The fourth-order valence-corrected chi connectivity index (χ4v) is 6.63. The zero-order valence-corrected chi connectivity index (χ0v) is 25.6. The van der Waals surface area contributed by atoms with E-state index in [4.69, 9.17) is 9.97 Å². The highest BCUT2D eigenvalue weighted by molar-refractivity contribution is 6.21. The molecule has 2 amide bonds. The smallest absolute Gasteiger partial charge is 0.261 e. The lowest BCUT2D eigenvalue weighted by Gasteiger charge is -2.14. The number of amides is 2. The minimum Gasteiger partial charge on any atom is -0.355 e. The fourth-order valence-electron chi connectivity index (χ4n) is 6.63. The first-order valence-corrected chi connectivity index (χ1v) is 15.8. The summed E-state index contributed by atoms with van der Waals surface area (Å²) in [6.07, 6.45) is 8.07.